The molecule has 0 amide bonds. The van der Waals surface area contributed by atoms with E-state index in [9.17, 15) is 0 Å². The van der Waals surface area contributed by atoms with Crippen molar-refractivity contribution in [1.29, 1.82) is 0 Å². The van der Waals surface area contributed by atoms with Gasteiger partial charge in [0.2, 0.25) is 0 Å². The molecule has 0 aliphatic carbocycles. The third-order valence-electron chi connectivity index (χ3n) is 2.18. The fourth-order valence-electron chi connectivity index (χ4n) is 1.65. The van der Waals surface area contributed by atoms with Crippen LogP contribution in [-0.2, 0) is 4.43 Å². The molecule has 0 aromatic rings. The van der Waals surface area contributed by atoms with Crippen molar-refractivity contribution in [3.63, 3.8) is 0 Å². The molecule has 0 radical (unpaired) electrons. The molecule has 0 bridgehead atoms. The Morgan fingerprint density at radius 3 is 2.33 bits per heavy atom. The SMILES string of the molecule is C#CCC(CCl)(CCCC)O[Si](C)(C)C. The number of terminal acetylenes is 1. The van der Waals surface area contributed by atoms with Gasteiger partial charge in [-0.1, -0.05) is 19.8 Å². The summed E-state index contributed by atoms with van der Waals surface area (Å²) in [6.45, 7) is 8.70. The van der Waals surface area contributed by atoms with E-state index in [-0.39, 0.29) is 5.60 Å². The van der Waals surface area contributed by atoms with Crippen molar-refractivity contribution in [2.24, 2.45) is 0 Å². The lowest BCUT2D eigenvalue weighted by atomic mass is 9.96. The fraction of sp³-hybridized carbons (Fsp3) is 0.833. The van der Waals surface area contributed by atoms with Gasteiger partial charge in [0.05, 0.1) is 11.5 Å². The first-order chi connectivity index (χ1) is 6.89. The van der Waals surface area contributed by atoms with E-state index in [1.807, 2.05) is 0 Å². The maximum absolute atomic E-state index is 6.18. The van der Waals surface area contributed by atoms with Crippen molar-refractivity contribution in [3.8, 4) is 12.3 Å². The van der Waals surface area contributed by atoms with Crippen molar-refractivity contribution in [1.82, 2.24) is 0 Å². The summed E-state index contributed by atoms with van der Waals surface area (Å²) >= 11 is 6.05. The number of rotatable bonds is 7. The topological polar surface area (TPSA) is 9.23 Å². The predicted molar refractivity (Wildman–Crippen MR) is 70.9 cm³/mol. The number of hydrogen-bond donors (Lipinski definition) is 0. The molecule has 0 fully saturated rings. The predicted octanol–water partition coefficient (Wildman–Crippen LogP) is 4.03. The van der Waals surface area contributed by atoms with Gasteiger partial charge in [-0.25, -0.2) is 0 Å². The molecule has 0 saturated carbocycles. The minimum atomic E-state index is -1.58. The molecule has 1 nitrogen and oxygen atoms in total. The van der Waals surface area contributed by atoms with Crippen LogP contribution in [0.2, 0.25) is 19.6 Å². The second-order valence-corrected chi connectivity index (χ2v) is 9.71. The van der Waals surface area contributed by atoms with Crippen molar-refractivity contribution in [2.45, 2.75) is 57.8 Å². The zero-order valence-corrected chi connectivity index (χ0v) is 12.2. The second-order valence-electron chi connectivity index (χ2n) is 5.02. The van der Waals surface area contributed by atoms with Gasteiger partial charge in [0.15, 0.2) is 8.32 Å². The lowest BCUT2D eigenvalue weighted by Crippen LogP contribution is -2.44. The molecule has 0 rings (SSSR count). The molecule has 0 spiro atoms. The molecule has 3 heteroatoms. The highest BCUT2D eigenvalue weighted by Gasteiger charge is 2.34. The average molecular weight is 247 g/mol. The first-order valence-corrected chi connectivity index (χ1v) is 9.53. The Bertz CT molecular complexity index is 217. The Morgan fingerprint density at radius 2 is 2.00 bits per heavy atom. The van der Waals surface area contributed by atoms with E-state index in [1.54, 1.807) is 0 Å². The van der Waals surface area contributed by atoms with Gasteiger partial charge in [0, 0.05) is 6.42 Å². The average Bonchev–Trinajstić information content (AvgIpc) is 2.12. The van der Waals surface area contributed by atoms with Crippen molar-refractivity contribution in [2.75, 3.05) is 5.88 Å². The third-order valence-corrected chi connectivity index (χ3v) is 3.71. The van der Waals surface area contributed by atoms with Crippen LogP contribution in [0.3, 0.4) is 0 Å². The van der Waals surface area contributed by atoms with Crippen LogP contribution < -0.4 is 0 Å². The molecule has 0 aromatic carbocycles. The molecule has 88 valence electrons. The van der Waals surface area contributed by atoms with Crippen LogP contribution in [0.5, 0.6) is 0 Å². The lowest BCUT2D eigenvalue weighted by molar-refractivity contribution is 0.0774. The van der Waals surface area contributed by atoms with Crippen LogP contribution in [0.1, 0.15) is 32.6 Å². The van der Waals surface area contributed by atoms with E-state index in [0.29, 0.717) is 12.3 Å². The van der Waals surface area contributed by atoms with Crippen LogP contribution in [-0.4, -0.2) is 19.8 Å². The molecule has 0 N–H and O–H groups in total. The second kappa shape index (κ2) is 6.58. The summed E-state index contributed by atoms with van der Waals surface area (Å²) in [5.41, 5.74) is -0.281. The van der Waals surface area contributed by atoms with Crippen LogP contribution in [0.4, 0.5) is 0 Å². The van der Waals surface area contributed by atoms with Crippen molar-refractivity contribution >= 4 is 19.9 Å². The normalized spacial score (nSPS) is 15.7. The highest BCUT2D eigenvalue weighted by atomic mass is 35.5. The molecule has 0 aliphatic rings. The Kier molecular flexibility index (Phi) is 6.59. The Balaban J connectivity index is 4.58. The molecule has 0 saturated heterocycles. The summed E-state index contributed by atoms with van der Waals surface area (Å²) in [4.78, 5) is 0. The first kappa shape index (κ1) is 15.0. The number of hydrogen-bond acceptors (Lipinski definition) is 1. The molecule has 0 aliphatic heterocycles. The van der Waals surface area contributed by atoms with Gasteiger partial charge >= 0.3 is 0 Å². The van der Waals surface area contributed by atoms with Gasteiger partial charge in [0.1, 0.15) is 0 Å². The zero-order valence-electron chi connectivity index (χ0n) is 10.4. The van der Waals surface area contributed by atoms with Crippen molar-refractivity contribution in [3.05, 3.63) is 0 Å². The molecule has 0 aromatic heterocycles. The summed E-state index contributed by atoms with van der Waals surface area (Å²) in [7, 11) is -1.58. The van der Waals surface area contributed by atoms with Gasteiger partial charge in [-0.2, -0.15) is 0 Å². The van der Waals surface area contributed by atoms with Crippen LogP contribution in [0.15, 0.2) is 0 Å². The standard InChI is InChI=1S/C12H23ClOSi/c1-6-8-10-12(11-13,9-7-2)14-15(3,4)5/h2H,6,8-11H2,1,3-5H3. The van der Waals surface area contributed by atoms with Gasteiger partial charge < -0.3 is 4.43 Å². The Labute approximate surface area is 101 Å². The van der Waals surface area contributed by atoms with E-state index in [4.69, 9.17) is 22.5 Å². The minimum absolute atomic E-state index is 0.281. The van der Waals surface area contributed by atoms with Gasteiger partial charge in [-0.05, 0) is 26.1 Å². The van der Waals surface area contributed by atoms with E-state index >= 15 is 0 Å². The van der Waals surface area contributed by atoms with Crippen LogP contribution in [0.25, 0.3) is 0 Å². The zero-order chi connectivity index (χ0) is 11.9. The molecule has 1 atom stereocenters. The minimum Gasteiger partial charge on any atom is -0.410 e. The van der Waals surface area contributed by atoms with Crippen molar-refractivity contribution < 1.29 is 4.43 Å². The highest BCUT2D eigenvalue weighted by molar-refractivity contribution is 6.69. The molecule has 15 heavy (non-hydrogen) atoms. The molecular formula is C12H23ClOSi. The maximum atomic E-state index is 6.18. The molecule has 0 heterocycles. The van der Waals surface area contributed by atoms with E-state index in [2.05, 4.69) is 32.5 Å². The smallest absolute Gasteiger partial charge is 0.184 e. The quantitative estimate of drug-likeness (QED) is 0.375. The highest BCUT2D eigenvalue weighted by Crippen LogP contribution is 2.28. The van der Waals surface area contributed by atoms with Gasteiger partial charge in [-0.15, -0.1) is 23.9 Å². The number of halogens is 1. The molecule has 1 unspecified atom stereocenters. The van der Waals surface area contributed by atoms with Crippen LogP contribution in [0, 0.1) is 12.3 Å². The summed E-state index contributed by atoms with van der Waals surface area (Å²) < 4.78 is 6.18. The van der Waals surface area contributed by atoms with E-state index in [1.165, 1.54) is 0 Å². The summed E-state index contributed by atoms with van der Waals surface area (Å²) in [5, 5.41) is 0. The summed E-state index contributed by atoms with van der Waals surface area (Å²) in [5.74, 6) is 3.21. The van der Waals surface area contributed by atoms with Crippen LogP contribution >= 0.6 is 11.6 Å². The third kappa shape index (κ3) is 6.24. The maximum Gasteiger partial charge on any atom is 0.184 e. The fourth-order valence-corrected chi connectivity index (χ4v) is 3.57. The van der Waals surface area contributed by atoms with Gasteiger partial charge in [0.25, 0.3) is 0 Å². The number of alkyl halides is 1. The number of unbranched alkanes of at least 4 members (excludes halogenated alkanes) is 1. The Hall–Kier alpha value is 0.0269. The monoisotopic (exact) mass is 246 g/mol. The largest absolute Gasteiger partial charge is 0.410 e. The van der Waals surface area contributed by atoms with E-state index in [0.717, 1.165) is 19.3 Å². The lowest BCUT2D eigenvalue weighted by Gasteiger charge is -2.36. The molecular weight excluding hydrogens is 224 g/mol. The first-order valence-electron chi connectivity index (χ1n) is 5.59. The van der Waals surface area contributed by atoms with E-state index < -0.39 is 8.32 Å². The van der Waals surface area contributed by atoms with Gasteiger partial charge in [-0.3, -0.25) is 0 Å². The summed E-state index contributed by atoms with van der Waals surface area (Å²) in [6, 6.07) is 0. The summed E-state index contributed by atoms with van der Waals surface area (Å²) in [6.07, 6.45) is 9.28. The Morgan fingerprint density at radius 1 is 1.40 bits per heavy atom.